The Labute approximate surface area is 258 Å². The van der Waals surface area contributed by atoms with Crippen LogP contribution in [0.25, 0.3) is 0 Å². The van der Waals surface area contributed by atoms with Crippen LogP contribution < -0.4 is 0 Å². The standard InChI is InChI=1S/C21H28O2.C18H24O2/c1-3-20-11-9-17-16-8-6-15(22)13-14(16)5-7-18(17)19(20)10-12-21(20,23)4-2;1-18-9-8-14-13-5-3-12(19)10-11(13)2-4-15(14)16(18)6-7-17(18)20/h2,13,16-19,23H,3,5-12H2,1H3;3,5,10,14-17,19-20H,2,4,6-9H2,1H3/t16-,17+,18+,19-,20-,21-;14-,15-,16+,17+,18+/m01/s1. The van der Waals surface area contributed by atoms with Crippen LogP contribution in [0.4, 0.5) is 0 Å². The first-order chi connectivity index (χ1) is 20.6. The summed E-state index contributed by atoms with van der Waals surface area (Å²) in [6.07, 6.45) is 23.7. The molecule has 3 N–H and O–H groups in total. The van der Waals surface area contributed by atoms with Crippen molar-refractivity contribution >= 4 is 5.78 Å². The van der Waals surface area contributed by atoms with Crippen molar-refractivity contribution < 1.29 is 20.1 Å². The minimum Gasteiger partial charge on any atom is -0.508 e. The molecule has 4 nitrogen and oxygen atoms in total. The number of hydrogen-bond donors (Lipinski definition) is 3. The zero-order valence-electron chi connectivity index (χ0n) is 26.4. The molecule has 0 aliphatic heterocycles. The lowest BCUT2D eigenvalue weighted by Crippen LogP contribution is -2.53. The van der Waals surface area contributed by atoms with Gasteiger partial charge in [-0.1, -0.05) is 31.4 Å². The number of aliphatic hydroxyl groups excluding tert-OH is 1. The maximum Gasteiger partial charge on any atom is 0.155 e. The largest absolute Gasteiger partial charge is 0.508 e. The van der Waals surface area contributed by atoms with Gasteiger partial charge in [0.15, 0.2) is 5.78 Å². The number of benzene rings is 1. The third-order valence-corrected chi connectivity index (χ3v) is 14.7. The maximum absolute atomic E-state index is 11.8. The summed E-state index contributed by atoms with van der Waals surface area (Å²) in [5.41, 5.74) is 3.47. The smallest absolute Gasteiger partial charge is 0.155 e. The van der Waals surface area contributed by atoms with Crippen molar-refractivity contribution in [2.24, 2.45) is 46.3 Å². The predicted octanol–water partition coefficient (Wildman–Crippen LogP) is 7.49. The molecular weight excluding hydrogens is 532 g/mol. The molecule has 1 aromatic carbocycles. The van der Waals surface area contributed by atoms with E-state index in [4.69, 9.17) is 6.42 Å². The molecule has 0 amide bonds. The van der Waals surface area contributed by atoms with Crippen LogP contribution in [-0.4, -0.2) is 32.8 Å². The van der Waals surface area contributed by atoms with Gasteiger partial charge in [-0.15, -0.1) is 6.42 Å². The zero-order valence-corrected chi connectivity index (χ0v) is 26.4. The molecule has 0 saturated heterocycles. The van der Waals surface area contributed by atoms with Crippen LogP contribution in [0.1, 0.15) is 121 Å². The van der Waals surface area contributed by atoms with E-state index in [0.717, 1.165) is 70.1 Å². The van der Waals surface area contributed by atoms with Crippen LogP contribution >= 0.6 is 0 Å². The van der Waals surface area contributed by atoms with E-state index < -0.39 is 5.60 Å². The number of phenolic OH excluding ortho intramolecular Hbond substituents is 1. The third kappa shape index (κ3) is 4.42. The molecule has 1 aromatic rings. The second-order valence-corrected chi connectivity index (χ2v) is 15.8. The second kappa shape index (κ2) is 10.8. The maximum atomic E-state index is 11.8. The first-order valence-corrected chi connectivity index (χ1v) is 17.6. The van der Waals surface area contributed by atoms with Crippen LogP contribution in [-0.2, 0) is 11.2 Å². The van der Waals surface area contributed by atoms with Crippen molar-refractivity contribution in [3.63, 3.8) is 0 Å². The van der Waals surface area contributed by atoms with Gasteiger partial charge in [0.05, 0.1) is 6.10 Å². The molecule has 5 saturated carbocycles. The SMILES string of the molecule is C#C[C@]1(O)CC[C@H]2[C@@H]3CCC4=CC(=O)CC[C@@H]4[C@H]3CC[C@@]21CC.C[C@]12CC[C@@H]3c4ccc(O)cc4CC[C@H]3[C@@H]1CC[C@@H]2O. The van der Waals surface area contributed by atoms with Crippen LogP contribution in [0.2, 0.25) is 0 Å². The van der Waals surface area contributed by atoms with E-state index in [0.29, 0.717) is 47.0 Å². The molecule has 0 aromatic heterocycles. The highest BCUT2D eigenvalue weighted by Crippen LogP contribution is 2.66. The molecule has 7 aliphatic carbocycles. The fourth-order valence-electron chi connectivity index (χ4n) is 12.5. The Hall–Kier alpha value is -2.09. The fourth-order valence-corrected chi connectivity index (χ4v) is 12.5. The summed E-state index contributed by atoms with van der Waals surface area (Å²) in [6.45, 7) is 4.53. The molecular formula is C39H52O4. The first-order valence-electron chi connectivity index (χ1n) is 17.6. The lowest BCUT2D eigenvalue weighted by Gasteiger charge is -2.55. The summed E-state index contributed by atoms with van der Waals surface area (Å²) < 4.78 is 0. The monoisotopic (exact) mass is 584 g/mol. The van der Waals surface area contributed by atoms with E-state index in [2.05, 4.69) is 25.8 Å². The number of carbonyl (C=O) groups excluding carboxylic acids is 1. The van der Waals surface area contributed by atoms with Crippen molar-refractivity contribution in [1.82, 2.24) is 0 Å². The van der Waals surface area contributed by atoms with Gasteiger partial charge in [-0.3, -0.25) is 4.79 Å². The number of carbonyl (C=O) groups is 1. The minimum absolute atomic E-state index is 0.0609. The number of terminal acetylenes is 1. The quantitative estimate of drug-likeness (QED) is 0.299. The molecule has 5 fully saturated rings. The molecule has 0 spiro atoms. The summed E-state index contributed by atoms with van der Waals surface area (Å²) in [5, 5.41) is 31.2. The van der Waals surface area contributed by atoms with Gasteiger partial charge < -0.3 is 15.3 Å². The molecule has 0 unspecified atom stereocenters. The molecule has 11 atom stereocenters. The Morgan fingerprint density at radius 1 is 0.884 bits per heavy atom. The van der Waals surface area contributed by atoms with Crippen molar-refractivity contribution in [3.8, 4) is 18.1 Å². The molecule has 0 radical (unpaired) electrons. The average molecular weight is 585 g/mol. The molecule has 4 heteroatoms. The highest BCUT2D eigenvalue weighted by atomic mass is 16.3. The number of ketones is 1. The van der Waals surface area contributed by atoms with E-state index >= 15 is 0 Å². The summed E-state index contributed by atoms with van der Waals surface area (Å²) in [6, 6.07) is 5.96. The number of hydrogen-bond acceptors (Lipinski definition) is 4. The highest BCUT2D eigenvalue weighted by molar-refractivity contribution is 5.91. The van der Waals surface area contributed by atoms with Gasteiger partial charge in [-0.25, -0.2) is 0 Å². The number of phenols is 1. The van der Waals surface area contributed by atoms with Crippen LogP contribution in [0, 0.1) is 58.7 Å². The third-order valence-electron chi connectivity index (χ3n) is 14.7. The Kier molecular flexibility index (Phi) is 7.42. The molecule has 7 aliphatic rings. The Balaban J connectivity index is 0.000000141. The van der Waals surface area contributed by atoms with Crippen molar-refractivity contribution in [1.29, 1.82) is 0 Å². The van der Waals surface area contributed by atoms with Crippen molar-refractivity contribution in [3.05, 3.63) is 41.0 Å². The zero-order chi connectivity index (χ0) is 30.1. The van der Waals surface area contributed by atoms with E-state index in [1.165, 1.54) is 48.8 Å². The topological polar surface area (TPSA) is 77.8 Å². The molecule has 0 bridgehead atoms. The van der Waals surface area contributed by atoms with Gasteiger partial charge in [0.1, 0.15) is 11.4 Å². The number of aromatic hydroxyl groups is 1. The minimum atomic E-state index is -0.893. The van der Waals surface area contributed by atoms with Gasteiger partial charge >= 0.3 is 0 Å². The lowest BCUT2D eigenvalue weighted by atomic mass is 9.49. The molecule has 0 heterocycles. The summed E-state index contributed by atoms with van der Waals surface area (Å²) in [5.74, 6) is 8.22. The van der Waals surface area contributed by atoms with Gasteiger partial charge in [0.25, 0.3) is 0 Å². The fraction of sp³-hybridized carbons (Fsp3) is 0.718. The van der Waals surface area contributed by atoms with Crippen molar-refractivity contribution in [2.75, 3.05) is 0 Å². The number of allylic oxidation sites excluding steroid dienone is 1. The van der Waals surface area contributed by atoms with Gasteiger partial charge in [0, 0.05) is 11.8 Å². The number of rotatable bonds is 1. The van der Waals surface area contributed by atoms with Crippen molar-refractivity contribution in [2.45, 2.75) is 128 Å². The molecule has 232 valence electrons. The van der Waals surface area contributed by atoms with Crippen LogP contribution in [0.5, 0.6) is 5.75 Å². The molecule has 8 rings (SSSR count). The van der Waals surface area contributed by atoms with E-state index in [9.17, 15) is 20.1 Å². The van der Waals surface area contributed by atoms with Gasteiger partial charge in [-0.05, 0) is 166 Å². The number of aryl methyl sites for hydroxylation is 1. The summed E-state index contributed by atoms with van der Waals surface area (Å²) >= 11 is 0. The molecule has 43 heavy (non-hydrogen) atoms. The van der Waals surface area contributed by atoms with Gasteiger partial charge in [-0.2, -0.15) is 0 Å². The average Bonchev–Trinajstić information content (AvgIpc) is 3.50. The highest BCUT2D eigenvalue weighted by Gasteiger charge is 2.63. The van der Waals surface area contributed by atoms with E-state index in [1.807, 2.05) is 18.2 Å². The van der Waals surface area contributed by atoms with Crippen LogP contribution in [0.15, 0.2) is 29.8 Å². The number of aliphatic hydroxyl groups is 2. The predicted molar refractivity (Wildman–Crippen MR) is 169 cm³/mol. The Bertz CT molecular complexity index is 1340. The first kappa shape index (κ1) is 29.6. The van der Waals surface area contributed by atoms with Gasteiger partial charge in [0.2, 0.25) is 0 Å². The summed E-state index contributed by atoms with van der Waals surface area (Å²) in [4.78, 5) is 11.8. The Morgan fingerprint density at radius 3 is 2.49 bits per heavy atom. The Morgan fingerprint density at radius 2 is 1.70 bits per heavy atom. The number of fused-ring (bicyclic) bond motifs is 10. The second-order valence-electron chi connectivity index (χ2n) is 15.8. The van der Waals surface area contributed by atoms with E-state index in [-0.39, 0.29) is 16.9 Å². The normalized spacial score (nSPS) is 45.9. The van der Waals surface area contributed by atoms with E-state index in [1.54, 1.807) is 0 Å². The summed E-state index contributed by atoms with van der Waals surface area (Å²) in [7, 11) is 0. The van der Waals surface area contributed by atoms with Crippen LogP contribution in [0.3, 0.4) is 0 Å². The lowest BCUT2D eigenvalue weighted by molar-refractivity contribution is -0.117.